The third-order valence-electron chi connectivity index (χ3n) is 4.17. The lowest BCUT2D eigenvalue weighted by Crippen LogP contribution is -2.13. The molecule has 6 heteroatoms. The molecule has 3 aromatic carbocycles. The maximum Gasteiger partial charge on any atom is 0.255 e. The molecule has 3 aromatic rings. The molecule has 1 amide bonds. The van der Waals surface area contributed by atoms with Crippen LogP contribution in [0, 0.1) is 0 Å². The van der Waals surface area contributed by atoms with E-state index in [1.54, 1.807) is 36.4 Å². The van der Waals surface area contributed by atoms with Crippen molar-refractivity contribution in [3.8, 4) is 5.75 Å². The van der Waals surface area contributed by atoms with Crippen molar-refractivity contribution in [3.63, 3.8) is 0 Å². The summed E-state index contributed by atoms with van der Waals surface area (Å²) in [4.78, 5) is 12.7. The Morgan fingerprint density at radius 1 is 0.966 bits per heavy atom. The van der Waals surface area contributed by atoms with Gasteiger partial charge in [-0.25, -0.2) is 0 Å². The van der Waals surface area contributed by atoms with Gasteiger partial charge in [0.15, 0.2) is 0 Å². The standard InChI is InChI=1S/C23H21Cl2NO3/c1-2-29-22-11-8-17(23(27)26-21-10-9-19(24)13-20(21)25)12-18(22)15-28-14-16-6-4-3-5-7-16/h3-13H,2,14-15H2,1H3,(H,26,27). The maximum absolute atomic E-state index is 12.7. The summed E-state index contributed by atoms with van der Waals surface area (Å²) in [5, 5.41) is 3.69. The van der Waals surface area contributed by atoms with Crippen LogP contribution in [0.2, 0.25) is 10.0 Å². The van der Waals surface area contributed by atoms with Crippen molar-refractivity contribution in [3.05, 3.63) is 93.5 Å². The third-order valence-corrected chi connectivity index (χ3v) is 4.72. The average molecular weight is 430 g/mol. The number of hydrogen-bond donors (Lipinski definition) is 1. The van der Waals surface area contributed by atoms with Crippen LogP contribution >= 0.6 is 23.2 Å². The van der Waals surface area contributed by atoms with Crippen molar-refractivity contribution in [2.24, 2.45) is 0 Å². The zero-order valence-corrected chi connectivity index (χ0v) is 17.5. The van der Waals surface area contributed by atoms with Gasteiger partial charge >= 0.3 is 0 Å². The van der Waals surface area contributed by atoms with E-state index in [-0.39, 0.29) is 5.91 Å². The first-order valence-corrected chi connectivity index (χ1v) is 9.96. The number of benzene rings is 3. The van der Waals surface area contributed by atoms with Crippen LogP contribution in [0.3, 0.4) is 0 Å². The molecule has 1 N–H and O–H groups in total. The van der Waals surface area contributed by atoms with E-state index in [9.17, 15) is 4.79 Å². The summed E-state index contributed by atoms with van der Waals surface area (Å²) in [7, 11) is 0. The van der Waals surface area contributed by atoms with Crippen molar-refractivity contribution < 1.29 is 14.3 Å². The van der Waals surface area contributed by atoms with E-state index >= 15 is 0 Å². The third kappa shape index (κ3) is 5.97. The van der Waals surface area contributed by atoms with E-state index in [1.807, 2.05) is 37.3 Å². The van der Waals surface area contributed by atoms with Gasteiger partial charge in [0, 0.05) is 16.1 Å². The van der Waals surface area contributed by atoms with Gasteiger partial charge in [-0.15, -0.1) is 0 Å². The maximum atomic E-state index is 12.7. The molecule has 0 unspecified atom stereocenters. The van der Waals surface area contributed by atoms with Crippen LogP contribution in [0.25, 0.3) is 0 Å². The molecule has 0 spiro atoms. The molecular formula is C23H21Cl2NO3. The van der Waals surface area contributed by atoms with E-state index in [1.165, 1.54) is 0 Å². The number of rotatable bonds is 8. The molecule has 0 radical (unpaired) electrons. The first-order valence-electron chi connectivity index (χ1n) is 9.20. The van der Waals surface area contributed by atoms with Crippen molar-refractivity contribution in [2.45, 2.75) is 20.1 Å². The molecule has 0 heterocycles. The van der Waals surface area contributed by atoms with Crippen molar-refractivity contribution >= 4 is 34.8 Å². The second kappa shape index (κ2) is 10.3. The van der Waals surface area contributed by atoms with Gasteiger partial charge in [-0.2, -0.15) is 0 Å². The number of halogens is 2. The molecule has 0 saturated carbocycles. The van der Waals surface area contributed by atoms with E-state index in [2.05, 4.69) is 5.32 Å². The summed E-state index contributed by atoms with van der Waals surface area (Å²) in [6, 6.07) is 20.1. The highest BCUT2D eigenvalue weighted by molar-refractivity contribution is 6.36. The predicted molar refractivity (Wildman–Crippen MR) is 117 cm³/mol. The first-order chi connectivity index (χ1) is 14.1. The molecule has 150 valence electrons. The van der Waals surface area contributed by atoms with Gasteiger partial charge < -0.3 is 14.8 Å². The normalized spacial score (nSPS) is 10.6. The molecule has 0 saturated heterocycles. The van der Waals surface area contributed by atoms with Gasteiger partial charge in [0.05, 0.1) is 30.5 Å². The van der Waals surface area contributed by atoms with E-state index < -0.39 is 0 Å². The summed E-state index contributed by atoms with van der Waals surface area (Å²) >= 11 is 12.1. The average Bonchev–Trinajstić information content (AvgIpc) is 2.72. The molecule has 0 aliphatic heterocycles. The minimum atomic E-state index is -0.276. The van der Waals surface area contributed by atoms with Crippen LogP contribution in [0.15, 0.2) is 66.7 Å². The zero-order chi connectivity index (χ0) is 20.6. The van der Waals surface area contributed by atoms with Gasteiger partial charge in [0.25, 0.3) is 5.91 Å². The Bertz CT molecular complexity index is 977. The summed E-state index contributed by atoms with van der Waals surface area (Å²) < 4.78 is 11.5. The number of carbonyl (C=O) groups is 1. The first kappa shape index (κ1) is 21.2. The number of amides is 1. The fraction of sp³-hybridized carbons (Fsp3) is 0.174. The van der Waals surface area contributed by atoms with Gasteiger partial charge in [-0.1, -0.05) is 53.5 Å². The SMILES string of the molecule is CCOc1ccc(C(=O)Nc2ccc(Cl)cc2Cl)cc1COCc1ccccc1. The minimum absolute atomic E-state index is 0.276. The van der Waals surface area contributed by atoms with Crippen molar-refractivity contribution in [2.75, 3.05) is 11.9 Å². The van der Waals surface area contributed by atoms with Crippen LogP contribution < -0.4 is 10.1 Å². The van der Waals surface area contributed by atoms with Crippen LogP contribution in [0.4, 0.5) is 5.69 Å². The van der Waals surface area contributed by atoms with E-state index in [4.69, 9.17) is 32.7 Å². The molecule has 0 aromatic heterocycles. The Kier molecular flexibility index (Phi) is 7.53. The Labute approximate surface area is 180 Å². The molecular weight excluding hydrogens is 409 g/mol. The van der Waals surface area contributed by atoms with Crippen LogP contribution in [-0.4, -0.2) is 12.5 Å². The van der Waals surface area contributed by atoms with Crippen molar-refractivity contribution in [1.82, 2.24) is 0 Å². The minimum Gasteiger partial charge on any atom is -0.494 e. The molecule has 0 aliphatic rings. The van der Waals surface area contributed by atoms with Crippen LogP contribution in [-0.2, 0) is 18.0 Å². The Morgan fingerprint density at radius 3 is 2.48 bits per heavy atom. The largest absolute Gasteiger partial charge is 0.494 e. The van der Waals surface area contributed by atoms with Crippen LogP contribution in [0.5, 0.6) is 5.75 Å². The zero-order valence-electron chi connectivity index (χ0n) is 16.0. The quantitative estimate of drug-likeness (QED) is 0.452. The van der Waals surface area contributed by atoms with E-state index in [0.717, 1.165) is 11.1 Å². The van der Waals surface area contributed by atoms with Gasteiger partial charge in [0.2, 0.25) is 0 Å². The number of carbonyl (C=O) groups excluding carboxylic acids is 1. The molecule has 29 heavy (non-hydrogen) atoms. The highest BCUT2D eigenvalue weighted by atomic mass is 35.5. The van der Waals surface area contributed by atoms with Crippen molar-refractivity contribution in [1.29, 1.82) is 0 Å². The molecule has 0 bridgehead atoms. The Balaban J connectivity index is 1.73. The molecule has 0 aliphatic carbocycles. The number of hydrogen-bond acceptors (Lipinski definition) is 3. The molecule has 0 atom stereocenters. The lowest BCUT2D eigenvalue weighted by molar-refractivity contribution is 0.101. The predicted octanol–water partition coefficient (Wildman–Crippen LogP) is 6.36. The molecule has 0 fully saturated rings. The summed E-state index contributed by atoms with van der Waals surface area (Å²) in [5.41, 5.74) is 2.86. The number of anilines is 1. The second-order valence-corrected chi connectivity index (χ2v) is 7.16. The smallest absolute Gasteiger partial charge is 0.255 e. The monoisotopic (exact) mass is 429 g/mol. The second-order valence-electron chi connectivity index (χ2n) is 6.31. The highest BCUT2D eigenvalue weighted by Gasteiger charge is 2.13. The molecule has 4 nitrogen and oxygen atoms in total. The molecule has 3 rings (SSSR count). The highest BCUT2D eigenvalue weighted by Crippen LogP contribution is 2.27. The fourth-order valence-corrected chi connectivity index (χ4v) is 3.22. The van der Waals surface area contributed by atoms with E-state index in [0.29, 0.717) is 46.9 Å². The lowest BCUT2D eigenvalue weighted by Gasteiger charge is -2.13. The van der Waals surface area contributed by atoms with Gasteiger partial charge in [-0.3, -0.25) is 4.79 Å². The van der Waals surface area contributed by atoms with Gasteiger partial charge in [-0.05, 0) is 48.9 Å². The number of nitrogens with one attached hydrogen (secondary N) is 1. The Hall–Kier alpha value is -2.53. The van der Waals surface area contributed by atoms with Crippen LogP contribution in [0.1, 0.15) is 28.4 Å². The fourth-order valence-electron chi connectivity index (χ4n) is 2.77. The Morgan fingerprint density at radius 2 is 1.76 bits per heavy atom. The number of ether oxygens (including phenoxy) is 2. The van der Waals surface area contributed by atoms with Gasteiger partial charge in [0.1, 0.15) is 5.75 Å². The summed E-state index contributed by atoms with van der Waals surface area (Å²) in [6.45, 7) is 3.24. The topological polar surface area (TPSA) is 47.6 Å². The summed E-state index contributed by atoms with van der Waals surface area (Å²) in [5.74, 6) is 0.420. The lowest BCUT2D eigenvalue weighted by atomic mass is 10.1. The summed E-state index contributed by atoms with van der Waals surface area (Å²) in [6.07, 6.45) is 0.